The van der Waals surface area contributed by atoms with Crippen LogP contribution in [-0.2, 0) is 10.5 Å². The van der Waals surface area contributed by atoms with Gasteiger partial charge in [-0.25, -0.2) is 4.98 Å². The Kier molecular flexibility index (Phi) is 8.04. The standard InChI is InChI=1S/C26H24Cl2N6O2S2/c1-16-7-8-18(27)13-22(16)34-24(19-5-3-4-6-20(19)28)30-31-26(34)38-15-23-29-21(14-37-23)25(36)33-11-9-32(10-12-33)17(2)35/h3-8,13-14H,9-12,15H2,1-2H3. The molecule has 1 fully saturated rings. The summed E-state index contributed by atoms with van der Waals surface area (Å²) in [5.41, 5.74) is 3.06. The van der Waals surface area contributed by atoms with Crippen LogP contribution in [0.4, 0.5) is 0 Å². The Morgan fingerprint density at radius 2 is 1.76 bits per heavy atom. The lowest BCUT2D eigenvalue weighted by atomic mass is 10.1. The summed E-state index contributed by atoms with van der Waals surface area (Å²) in [6.45, 7) is 5.65. The van der Waals surface area contributed by atoms with E-state index in [0.717, 1.165) is 21.8 Å². The molecule has 1 aliphatic heterocycles. The molecule has 2 aromatic carbocycles. The van der Waals surface area contributed by atoms with Crippen molar-refractivity contribution in [2.75, 3.05) is 26.2 Å². The number of thiazole rings is 1. The van der Waals surface area contributed by atoms with Crippen LogP contribution in [0.3, 0.4) is 0 Å². The molecule has 8 nitrogen and oxygen atoms in total. The molecule has 0 radical (unpaired) electrons. The third-order valence-electron chi connectivity index (χ3n) is 6.27. The molecule has 2 amide bonds. The molecule has 2 aromatic heterocycles. The molecule has 0 spiro atoms. The Labute approximate surface area is 238 Å². The number of rotatable bonds is 6. The second-order valence-corrected chi connectivity index (χ2v) is 11.5. The van der Waals surface area contributed by atoms with Crippen LogP contribution in [0.15, 0.2) is 53.0 Å². The monoisotopic (exact) mass is 586 g/mol. The van der Waals surface area contributed by atoms with Gasteiger partial charge < -0.3 is 9.80 Å². The summed E-state index contributed by atoms with van der Waals surface area (Å²) in [5.74, 6) is 1.04. The largest absolute Gasteiger partial charge is 0.339 e. The van der Waals surface area contributed by atoms with Gasteiger partial charge in [-0.15, -0.1) is 21.5 Å². The maximum absolute atomic E-state index is 13.0. The summed E-state index contributed by atoms with van der Waals surface area (Å²) in [6.07, 6.45) is 0. The van der Waals surface area contributed by atoms with Crippen molar-refractivity contribution in [2.45, 2.75) is 24.8 Å². The van der Waals surface area contributed by atoms with Crippen LogP contribution >= 0.6 is 46.3 Å². The number of aromatic nitrogens is 4. The minimum absolute atomic E-state index is 0.0311. The van der Waals surface area contributed by atoms with Gasteiger partial charge in [0.2, 0.25) is 5.91 Å². The van der Waals surface area contributed by atoms with Crippen molar-refractivity contribution < 1.29 is 9.59 Å². The second kappa shape index (κ2) is 11.4. The molecular formula is C26H24Cl2N6O2S2. The number of carbonyl (C=O) groups is 2. The molecule has 12 heteroatoms. The van der Waals surface area contributed by atoms with Gasteiger partial charge >= 0.3 is 0 Å². The van der Waals surface area contributed by atoms with Gasteiger partial charge in [-0.2, -0.15) is 0 Å². The van der Waals surface area contributed by atoms with Gasteiger partial charge in [0.25, 0.3) is 5.91 Å². The number of benzene rings is 2. The first-order valence-corrected chi connectivity index (χ1v) is 14.5. The van der Waals surface area contributed by atoms with Crippen LogP contribution in [0, 0.1) is 6.92 Å². The summed E-state index contributed by atoms with van der Waals surface area (Å²) >= 11 is 15.8. The second-order valence-electron chi connectivity index (χ2n) is 8.77. The Bertz CT molecular complexity index is 1500. The van der Waals surface area contributed by atoms with Crippen LogP contribution in [0.25, 0.3) is 17.1 Å². The molecule has 3 heterocycles. The van der Waals surface area contributed by atoms with Gasteiger partial charge in [0.15, 0.2) is 11.0 Å². The van der Waals surface area contributed by atoms with Gasteiger partial charge in [0.05, 0.1) is 16.5 Å². The van der Waals surface area contributed by atoms with E-state index in [0.29, 0.717) is 58.7 Å². The Morgan fingerprint density at radius 3 is 2.50 bits per heavy atom. The number of halogens is 2. The lowest BCUT2D eigenvalue weighted by molar-refractivity contribution is -0.130. The number of carbonyl (C=O) groups excluding carboxylic acids is 2. The van der Waals surface area contributed by atoms with E-state index in [9.17, 15) is 9.59 Å². The summed E-state index contributed by atoms with van der Waals surface area (Å²) in [5, 5.41) is 13.4. The Morgan fingerprint density at radius 1 is 1.03 bits per heavy atom. The number of hydrogen-bond donors (Lipinski definition) is 0. The molecule has 1 aliphatic rings. The lowest BCUT2D eigenvalue weighted by Crippen LogP contribution is -2.50. The van der Waals surface area contributed by atoms with E-state index in [2.05, 4.69) is 15.2 Å². The van der Waals surface area contributed by atoms with Crippen LogP contribution in [0.5, 0.6) is 0 Å². The predicted molar refractivity (Wildman–Crippen MR) is 151 cm³/mol. The Balaban J connectivity index is 1.37. The van der Waals surface area contributed by atoms with Crippen molar-refractivity contribution in [3.63, 3.8) is 0 Å². The fourth-order valence-corrected chi connectivity index (χ4v) is 6.33. The maximum atomic E-state index is 13.0. The zero-order valence-corrected chi connectivity index (χ0v) is 23.9. The molecule has 0 unspecified atom stereocenters. The molecule has 0 saturated carbocycles. The zero-order chi connectivity index (χ0) is 26.8. The minimum atomic E-state index is -0.112. The first kappa shape index (κ1) is 26.7. The minimum Gasteiger partial charge on any atom is -0.339 e. The van der Waals surface area contributed by atoms with Crippen LogP contribution < -0.4 is 0 Å². The zero-order valence-electron chi connectivity index (χ0n) is 20.7. The Hall–Kier alpha value is -2.92. The number of hydrogen-bond acceptors (Lipinski definition) is 7. The van der Waals surface area contributed by atoms with Crippen LogP contribution in [0.1, 0.15) is 28.0 Å². The average molecular weight is 588 g/mol. The highest BCUT2D eigenvalue weighted by Crippen LogP contribution is 2.35. The SMILES string of the molecule is CC(=O)N1CCN(C(=O)c2csc(CSc3nnc(-c4ccccc4Cl)n3-c3cc(Cl)ccc3C)n2)CC1. The summed E-state index contributed by atoms with van der Waals surface area (Å²) in [7, 11) is 0. The van der Waals surface area contributed by atoms with E-state index in [-0.39, 0.29) is 11.8 Å². The van der Waals surface area contributed by atoms with Crippen molar-refractivity contribution in [2.24, 2.45) is 0 Å². The molecule has 0 N–H and O–H groups in total. The molecule has 0 bridgehead atoms. The highest BCUT2D eigenvalue weighted by Gasteiger charge is 2.25. The number of nitrogens with zero attached hydrogens (tertiary/aromatic N) is 6. The summed E-state index contributed by atoms with van der Waals surface area (Å²) in [6, 6.07) is 13.2. The first-order valence-electron chi connectivity index (χ1n) is 11.9. The highest BCUT2D eigenvalue weighted by atomic mass is 35.5. The van der Waals surface area contributed by atoms with Crippen molar-refractivity contribution in [1.29, 1.82) is 0 Å². The quantitative estimate of drug-likeness (QED) is 0.273. The van der Waals surface area contributed by atoms with E-state index < -0.39 is 0 Å². The summed E-state index contributed by atoms with van der Waals surface area (Å²) < 4.78 is 1.96. The van der Waals surface area contributed by atoms with Crippen LogP contribution in [0.2, 0.25) is 10.0 Å². The third kappa shape index (κ3) is 5.58. The average Bonchev–Trinajstić information content (AvgIpc) is 3.56. The fraction of sp³-hybridized carbons (Fsp3) is 0.269. The van der Waals surface area contributed by atoms with Gasteiger partial charge in [-0.05, 0) is 36.8 Å². The molecular weight excluding hydrogens is 563 g/mol. The van der Waals surface area contributed by atoms with Crippen molar-refractivity contribution in [1.82, 2.24) is 29.5 Å². The van der Waals surface area contributed by atoms with Crippen molar-refractivity contribution >= 4 is 58.1 Å². The predicted octanol–water partition coefficient (Wildman–Crippen LogP) is 5.60. The van der Waals surface area contributed by atoms with Crippen molar-refractivity contribution in [3.8, 4) is 17.1 Å². The van der Waals surface area contributed by atoms with Gasteiger partial charge in [0.1, 0.15) is 10.7 Å². The van der Waals surface area contributed by atoms with Gasteiger partial charge in [-0.1, -0.05) is 53.2 Å². The normalized spacial score (nSPS) is 13.7. The molecule has 5 rings (SSSR count). The smallest absolute Gasteiger partial charge is 0.273 e. The molecule has 4 aromatic rings. The summed E-state index contributed by atoms with van der Waals surface area (Å²) in [4.78, 5) is 32.6. The van der Waals surface area contributed by atoms with E-state index in [1.54, 1.807) is 22.1 Å². The van der Waals surface area contributed by atoms with E-state index in [1.807, 2.05) is 54.0 Å². The fourth-order valence-electron chi connectivity index (χ4n) is 4.21. The third-order valence-corrected chi connectivity index (χ3v) is 8.80. The van der Waals surface area contributed by atoms with E-state index >= 15 is 0 Å². The number of thioether (sulfide) groups is 1. The molecule has 38 heavy (non-hydrogen) atoms. The molecule has 0 atom stereocenters. The van der Waals surface area contributed by atoms with Crippen molar-refractivity contribution in [3.05, 3.63) is 74.2 Å². The number of piperazine rings is 1. The topological polar surface area (TPSA) is 84.2 Å². The van der Waals surface area contributed by atoms with E-state index in [1.165, 1.54) is 23.1 Å². The number of aryl methyl sites for hydroxylation is 1. The number of amides is 2. The van der Waals surface area contributed by atoms with E-state index in [4.69, 9.17) is 23.2 Å². The molecule has 0 aliphatic carbocycles. The van der Waals surface area contributed by atoms with Crippen LogP contribution in [-0.4, -0.2) is 67.5 Å². The first-order chi connectivity index (χ1) is 18.3. The maximum Gasteiger partial charge on any atom is 0.273 e. The van der Waals surface area contributed by atoms with Gasteiger partial charge in [-0.3, -0.25) is 14.2 Å². The van der Waals surface area contributed by atoms with Gasteiger partial charge in [0, 0.05) is 49.1 Å². The highest BCUT2D eigenvalue weighted by molar-refractivity contribution is 7.98. The molecule has 1 saturated heterocycles. The molecule has 196 valence electrons. The lowest BCUT2D eigenvalue weighted by Gasteiger charge is -2.33.